The third-order valence-corrected chi connectivity index (χ3v) is 2.50. The molecule has 0 aliphatic carbocycles. The second kappa shape index (κ2) is 5.09. The Kier molecular flexibility index (Phi) is 3.33. The number of fused-ring (bicyclic) bond motifs is 2. The number of para-hydroxylation sites is 2. The van der Waals surface area contributed by atoms with Crippen molar-refractivity contribution < 1.29 is 10.1 Å². The third kappa shape index (κ3) is 2.70. The highest BCUT2D eigenvalue weighted by molar-refractivity contribution is 5.87. The number of H-pyrrole nitrogens is 1. The molecule has 1 heterocycles. The van der Waals surface area contributed by atoms with Crippen LogP contribution in [0.15, 0.2) is 54.6 Å². The van der Waals surface area contributed by atoms with Crippen LogP contribution in [0.2, 0.25) is 0 Å². The highest BCUT2D eigenvalue weighted by atomic mass is 16.9. The maximum Gasteiger partial charge on any atom is 0.211 e. The molecule has 0 amide bonds. The van der Waals surface area contributed by atoms with Crippen LogP contribution >= 0.6 is 0 Å². The smallest absolute Gasteiger partial charge is 0.211 e. The van der Waals surface area contributed by atoms with Crippen molar-refractivity contribution in [2.45, 2.75) is 0 Å². The molecule has 18 heavy (non-hydrogen) atoms. The number of hydrogen-bond donors (Lipinski definition) is 0. The molecule has 0 unspecified atom stereocenters. The summed E-state index contributed by atoms with van der Waals surface area (Å²) >= 11 is 0. The first-order chi connectivity index (χ1) is 8.66. The Morgan fingerprint density at radius 3 is 1.67 bits per heavy atom. The van der Waals surface area contributed by atoms with Gasteiger partial charge in [0, 0.05) is 22.9 Å². The number of hydrogen-bond acceptors (Lipinski definition) is 3. The molecule has 3 rings (SSSR count). The molecule has 0 saturated carbocycles. The van der Waals surface area contributed by atoms with Crippen molar-refractivity contribution in [2.75, 3.05) is 0 Å². The molecule has 0 atom stereocenters. The Bertz CT molecular complexity index is 589. The lowest BCUT2D eigenvalue weighted by Crippen LogP contribution is -2.04. The van der Waals surface area contributed by atoms with Crippen molar-refractivity contribution in [3.63, 3.8) is 0 Å². The van der Waals surface area contributed by atoms with Crippen LogP contribution in [0.4, 0.5) is 0 Å². The van der Waals surface area contributed by atoms with Gasteiger partial charge in [0.05, 0.1) is 5.09 Å². The van der Waals surface area contributed by atoms with Gasteiger partial charge in [0.1, 0.15) is 0 Å². The molecule has 0 fully saturated rings. The number of pyridine rings is 1. The minimum atomic E-state index is -1.75. The molecule has 1 N–H and O–H groups in total. The van der Waals surface area contributed by atoms with Gasteiger partial charge in [-0.05, 0) is 18.2 Å². The molecule has 5 nitrogen and oxygen atoms in total. The van der Waals surface area contributed by atoms with Crippen LogP contribution in [-0.2, 0) is 0 Å². The molecule has 3 aromatic rings. The maximum absolute atomic E-state index is 8.25. The second-order valence-corrected chi connectivity index (χ2v) is 3.67. The molecular weight excluding hydrogens is 232 g/mol. The Morgan fingerprint density at radius 1 is 0.833 bits per heavy atom. The molecule has 90 valence electrons. The first kappa shape index (κ1) is 11.8. The van der Waals surface area contributed by atoms with E-state index in [2.05, 4.69) is 47.4 Å². The van der Waals surface area contributed by atoms with Crippen molar-refractivity contribution in [1.29, 1.82) is 0 Å². The number of aromatic nitrogens is 1. The van der Waals surface area contributed by atoms with Gasteiger partial charge in [-0.2, -0.15) is 0 Å². The summed E-state index contributed by atoms with van der Waals surface area (Å²) in [5.74, 6) is 0. The quantitative estimate of drug-likeness (QED) is 0.345. The van der Waals surface area contributed by atoms with Gasteiger partial charge < -0.3 is 15.3 Å². The predicted molar refractivity (Wildman–Crippen MR) is 68.4 cm³/mol. The number of benzene rings is 2. The zero-order chi connectivity index (χ0) is 13.0. The molecule has 0 aliphatic heterocycles. The van der Waals surface area contributed by atoms with Crippen molar-refractivity contribution in [3.8, 4) is 0 Å². The fraction of sp³-hybridized carbons (Fsp3) is 0. The standard InChI is InChI=1S/C13H9N.NO3/c1-3-7-12-10(5-1)9-11-6-2-4-8-13(11)14-12;2-1(3)4/h1-9H;/q;-1/p+1. The molecular formula is C13H10N2O3. The zero-order valence-corrected chi connectivity index (χ0v) is 9.37. The Morgan fingerprint density at radius 2 is 1.22 bits per heavy atom. The van der Waals surface area contributed by atoms with Gasteiger partial charge in [0.25, 0.3) is 0 Å². The summed E-state index contributed by atoms with van der Waals surface area (Å²) in [6.07, 6.45) is 0. The predicted octanol–water partition coefficient (Wildman–Crippen LogP) is 2.57. The van der Waals surface area contributed by atoms with Crippen molar-refractivity contribution in [3.05, 3.63) is 69.9 Å². The van der Waals surface area contributed by atoms with Crippen LogP contribution in [0.25, 0.3) is 21.8 Å². The number of rotatable bonds is 0. The fourth-order valence-electron chi connectivity index (χ4n) is 1.79. The van der Waals surface area contributed by atoms with E-state index in [-0.39, 0.29) is 0 Å². The van der Waals surface area contributed by atoms with E-state index in [1.165, 1.54) is 21.8 Å². The van der Waals surface area contributed by atoms with Gasteiger partial charge in [-0.3, -0.25) is 0 Å². The van der Waals surface area contributed by atoms with Gasteiger partial charge >= 0.3 is 0 Å². The van der Waals surface area contributed by atoms with E-state index in [0.29, 0.717) is 0 Å². The van der Waals surface area contributed by atoms with Crippen molar-refractivity contribution in [2.24, 2.45) is 0 Å². The van der Waals surface area contributed by atoms with E-state index >= 15 is 0 Å². The van der Waals surface area contributed by atoms with Crippen molar-refractivity contribution in [1.82, 2.24) is 0 Å². The van der Waals surface area contributed by atoms with Crippen LogP contribution in [0.3, 0.4) is 0 Å². The van der Waals surface area contributed by atoms with Crippen LogP contribution in [0, 0.1) is 15.3 Å². The summed E-state index contributed by atoms with van der Waals surface area (Å²) in [6.45, 7) is 0. The summed E-state index contributed by atoms with van der Waals surface area (Å²) in [6, 6.07) is 18.9. The average Bonchev–Trinajstić information content (AvgIpc) is 2.35. The summed E-state index contributed by atoms with van der Waals surface area (Å²) in [7, 11) is 0. The van der Waals surface area contributed by atoms with Crippen LogP contribution < -0.4 is 4.98 Å². The van der Waals surface area contributed by atoms with Crippen molar-refractivity contribution >= 4 is 21.8 Å². The number of nitrogens with one attached hydrogen (secondary N) is 1. The first-order valence-corrected chi connectivity index (χ1v) is 5.28. The van der Waals surface area contributed by atoms with Gasteiger partial charge in [0.2, 0.25) is 11.0 Å². The molecule has 1 aromatic heterocycles. The monoisotopic (exact) mass is 242 g/mol. The lowest BCUT2D eigenvalue weighted by molar-refractivity contribution is -0.402. The molecule has 0 bridgehead atoms. The number of aromatic amines is 1. The van der Waals surface area contributed by atoms with Crippen LogP contribution in [0.5, 0.6) is 0 Å². The van der Waals surface area contributed by atoms with Crippen LogP contribution in [-0.4, -0.2) is 5.09 Å². The van der Waals surface area contributed by atoms with E-state index in [1.54, 1.807) is 0 Å². The van der Waals surface area contributed by atoms with E-state index in [0.717, 1.165) is 0 Å². The second-order valence-electron chi connectivity index (χ2n) is 3.67. The highest BCUT2D eigenvalue weighted by Gasteiger charge is 2.02. The Labute approximate surface area is 102 Å². The molecule has 5 heteroatoms. The molecule has 0 spiro atoms. The highest BCUT2D eigenvalue weighted by Crippen LogP contribution is 2.15. The van der Waals surface area contributed by atoms with E-state index in [4.69, 9.17) is 15.3 Å². The van der Waals surface area contributed by atoms with E-state index in [9.17, 15) is 0 Å². The molecule has 2 aromatic carbocycles. The van der Waals surface area contributed by atoms with Crippen LogP contribution in [0.1, 0.15) is 0 Å². The van der Waals surface area contributed by atoms with Gasteiger partial charge in [-0.1, -0.05) is 24.3 Å². The van der Waals surface area contributed by atoms with Gasteiger partial charge in [-0.15, -0.1) is 0 Å². The largest absolute Gasteiger partial charge is 0.356 e. The molecule has 0 saturated heterocycles. The lowest BCUT2D eigenvalue weighted by atomic mass is 10.1. The summed E-state index contributed by atoms with van der Waals surface area (Å²) < 4.78 is 0. The van der Waals surface area contributed by atoms with Gasteiger partial charge in [-0.25, -0.2) is 4.98 Å². The Hall–Kier alpha value is -2.69. The summed E-state index contributed by atoms with van der Waals surface area (Å²) in [4.78, 5) is 11.7. The van der Waals surface area contributed by atoms with E-state index in [1.807, 2.05) is 12.1 Å². The van der Waals surface area contributed by atoms with Gasteiger partial charge in [0.15, 0.2) is 0 Å². The SMILES string of the molecule is O=[N+]([O-])[O-].c1ccc2[nH+]c3ccccc3cc2c1. The zero-order valence-electron chi connectivity index (χ0n) is 9.37. The minimum absolute atomic E-state index is 1.19. The fourth-order valence-corrected chi connectivity index (χ4v) is 1.79. The third-order valence-electron chi connectivity index (χ3n) is 2.50. The first-order valence-electron chi connectivity index (χ1n) is 5.28. The minimum Gasteiger partial charge on any atom is -0.356 e. The average molecular weight is 242 g/mol. The summed E-state index contributed by atoms with van der Waals surface area (Å²) in [5, 5.41) is 17.3. The maximum atomic E-state index is 8.25. The normalized spacial score (nSPS) is 9.78. The van der Waals surface area contributed by atoms with E-state index < -0.39 is 5.09 Å². The Balaban J connectivity index is 0.000000267. The lowest BCUT2D eigenvalue weighted by Gasteiger charge is -1.94. The summed E-state index contributed by atoms with van der Waals surface area (Å²) in [5.41, 5.74) is 2.37. The number of nitrogens with zero attached hydrogens (tertiary/aromatic N) is 1. The molecule has 0 radical (unpaired) electrons. The molecule has 0 aliphatic rings. The topological polar surface area (TPSA) is 80.3 Å².